The van der Waals surface area contributed by atoms with E-state index in [9.17, 15) is 4.39 Å². The van der Waals surface area contributed by atoms with Crippen LogP contribution < -0.4 is 10.6 Å². The first-order valence-electron chi connectivity index (χ1n) is 5.88. The van der Waals surface area contributed by atoms with Gasteiger partial charge in [0.2, 0.25) is 0 Å². The highest BCUT2D eigenvalue weighted by molar-refractivity contribution is 5.48. The van der Waals surface area contributed by atoms with Crippen molar-refractivity contribution < 1.29 is 4.39 Å². The number of halogens is 1. The number of anilines is 2. The van der Waals surface area contributed by atoms with Gasteiger partial charge in [-0.05, 0) is 31.2 Å². The summed E-state index contributed by atoms with van der Waals surface area (Å²) in [6.45, 7) is 2.57. The first-order chi connectivity index (χ1) is 8.56. The molecule has 2 aromatic rings. The van der Waals surface area contributed by atoms with Crippen LogP contribution in [0.15, 0.2) is 42.5 Å². The second-order valence-corrected chi connectivity index (χ2v) is 4.54. The number of hydrogen-bond donors (Lipinski definition) is 1. The number of rotatable bonds is 3. The zero-order valence-electron chi connectivity index (χ0n) is 10.7. The summed E-state index contributed by atoms with van der Waals surface area (Å²) in [7, 11) is 1.94. The predicted octanol–water partition coefficient (Wildman–Crippen LogP) is 3.35. The number of nitrogens with two attached hydrogens (primary N) is 1. The number of benzene rings is 2. The molecular formula is C15H17FN2. The Kier molecular flexibility index (Phi) is 3.51. The molecule has 2 nitrogen and oxygen atoms in total. The van der Waals surface area contributed by atoms with Crippen molar-refractivity contribution in [1.82, 2.24) is 0 Å². The minimum absolute atomic E-state index is 0.256. The molecule has 0 aliphatic carbocycles. The van der Waals surface area contributed by atoms with Gasteiger partial charge in [0.1, 0.15) is 5.82 Å². The van der Waals surface area contributed by atoms with Gasteiger partial charge in [-0.3, -0.25) is 0 Å². The molecule has 0 aromatic heterocycles. The smallest absolute Gasteiger partial charge is 0.130 e. The quantitative estimate of drug-likeness (QED) is 0.839. The topological polar surface area (TPSA) is 29.3 Å². The molecule has 2 rings (SSSR count). The zero-order chi connectivity index (χ0) is 13.1. The van der Waals surface area contributed by atoms with E-state index in [1.54, 1.807) is 12.1 Å². The molecule has 0 spiro atoms. The average Bonchev–Trinajstić information content (AvgIpc) is 2.33. The molecule has 0 aliphatic heterocycles. The summed E-state index contributed by atoms with van der Waals surface area (Å²) in [6.07, 6.45) is 0. The summed E-state index contributed by atoms with van der Waals surface area (Å²) in [5.74, 6) is -0.256. The fourth-order valence-corrected chi connectivity index (χ4v) is 1.84. The number of nitrogen functional groups attached to an aromatic ring is 1. The summed E-state index contributed by atoms with van der Waals surface area (Å²) in [4.78, 5) is 2.01. The standard InChI is InChI=1S/C15H17FN2/c1-11-3-7-14(8-4-11)18(2)10-12-5-6-13(17)9-15(12)16/h3-9H,10,17H2,1-2H3. The summed E-state index contributed by atoms with van der Waals surface area (Å²) in [5, 5.41) is 0. The van der Waals surface area contributed by atoms with Crippen molar-refractivity contribution in [3.05, 3.63) is 59.4 Å². The maximum Gasteiger partial charge on any atom is 0.130 e. The van der Waals surface area contributed by atoms with Crippen molar-refractivity contribution in [1.29, 1.82) is 0 Å². The Morgan fingerprint density at radius 3 is 2.39 bits per heavy atom. The van der Waals surface area contributed by atoms with Crippen molar-refractivity contribution >= 4 is 11.4 Å². The first kappa shape index (κ1) is 12.4. The SMILES string of the molecule is Cc1ccc(N(C)Cc2ccc(N)cc2F)cc1. The van der Waals surface area contributed by atoms with E-state index in [1.807, 2.05) is 43.1 Å². The monoisotopic (exact) mass is 244 g/mol. The van der Waals surface area contributed by atoms with Crippen LogP contribution in [-0.4, -0.2) is 7.05 Å². The van der Waals surface area contributed by atoms with Gasteiger partial charge in [-0.1, -0.05) is 23.8 Å². The minimum Gasteiger partial charge on any atom is -0.399 e. The maximum atomic E-state index is 13.7. The Labute approximate surface area is 107 Å². The molecule has 2 aromatic carbocycles. The minimum atomic E-state index is -0.256. The van der Waals surface area contributed by atoms with E-state index in [1.165, 1.54) is 11.6 Å². The van der Waals surface area contributed by atoms with Gasteiger partial charge in [0.05, 0.1) is 0 Å². The van der Waals surface area contributed by atoms with Gasteiger partial charge < -0.3 is 10.6 Å². The van der Waals surface area contributed by atoms with Crippen LogP contribution in [0.5, 0.6) is 0 Å². The second-order valence-electron chi connectivity index (χ2n) is 4.54. The molecule has 3 heteroatoms. The van der Waals surface area contributed by atoms with Crippen LogP contribution in [0.4, 0.5) is 15.8 Å². The van der Waals surface area contributed by atoms with Gasteiger partial charge in [0.15, 0.2) is 0 Å². The summed E-state index contributed by atoms with van der Waals surface area (Å²) >= 11 is 0. The lowest BCUT2D eigenvalue weighted by molar-refractivity contribution is 0.608. The second kappa shape index (κ2) is 5.08. The Bertz CT molecular complexity index is 535. The van der Waals surface area contributed by atoms with Gasteiger partial charge in [0.25, 0.3) is 0 Å². The van der Waals surface area contributed by atoms with Crippen molar-refractivity contribution in [2.75, 3.05) is 17.7 Å². The van der Waals surface area contributed by atoms with Crippen LogP contribution in [-0.2, 0) is 6.54 Å². The van der Waals surface area contributed by atoms with E-state index in [0.717, 1.165) is 5.69 Å². The molecule has 2 N–H and O–H groups in total. The summed E-state index contributed by atoms with van der Waals surface area (Å²) in [5.41, 5.74) is 8.91. The molecule has 94 valence electrons. The van der Waals surface area contributed by atoms with Crippen LogP contribution in [0.25, 0.3) is 0 Å². The van der Waals surface area contributed by atoms with Gasteiger partial charge in [-0.15, -0.1) is 0 Å². The third-order valence-electron chi connectivity index (χ3n) is 2.96. The molecule has 0 aliphatic rings. The van der Waals surface area contributed by atoms with E-state index in [4.69, 9.17) is 5.73 Å². The van der Waals surface area contributed by atoms with Crippen LogP contribution in [0.2, 0.25) is 0 Å². The highest BCUT2D eigenvalue weighted by atomic mass is 19.1. The van der Waals surface area contributed by atoms with Crippen LogP contribution in [0, 0.1) is 12.7 Å². The van der Waals surface area contributed by atoms with E-state index in [-0.39, 0.29) is 5.82 Å². The van der Waals surface area contributed by atoms with Crippen LogP contribution >= 0.6 is 0 Å². The number of nitrogens with zero attached hydrogens (tertiary/aromatic N) is 1. The summed E-state index contributed by atoms with van der Waals surface area (Å²) in [6, 6.07) is 13.0. The fourth-order valence-electron chi connectivity index (χ4n) is 1.84. The average molecular weight is 244 g/mol. The normalized spacial score (nSPS) is 10.4. The van der Waals surface area contributed by atoms with Crippen molar-refractivity contribution in [2.45, 2.75) is 13.5 Å². The molecule has 0 saturated carbocycles. The van der Waals surface area contributed by atoms with E-state index in [2.05, 4.69) is 0 Å². The Morgan fingerprint density at radius 1 is 1.11 bits per heavy atom. The van der Waals surface area contributed by atoms with Crippen LogP contribution in [0.1, 0.15) is 11.1 Å². The van der Waals surface area contributed by atoms with Gasteiger partial charge in [-0.2, -0.15) is 0 Å². The molecule has 0 unspecified atom stereocenters. The molecule has 0 heterocycles. The molecule has 0 fully saturated rings. The molecule has 18 heavy (non-hydrogen) atoms. The van der Waals surface area contributed by atoms with E-state index >= 15 is 0 Å². The lowest BCUT2D eigenvalue weighted by Gasteiger charge is -2.20. The maximum absolute atomic E-state index is 13.7. The molecule has 0 saturated heterocycles. The Balaban J connectivity index is 2.15. The van der Waals surface area contributed by atoms with E-state index < -0.39 is 0 Å². The lowest BCUT2D eigenvalue weighted by atomic mass is 10.1. The lowest BCUT2D eigenvalue weighted by Crippen LogP contribution is -2.17. The largest absolute Gasteiger partial charge is 0.399 e. The molecule has 0 amide bonds. The fraction of sp³-hybridized carbons (Fsp3) is 0.200. The van der Waals surface area contributed by atoms with Gasteiger partial charge in [0, 0.05) is 30.5 Å². The molecule has 0 bridgehead atoms. The molecular weight excluding hydrogens is 227 g/mol. The third-order valence-corrected chi connectivity index (χ3v) is 2.96. The predicted molar refractivity (Wildman–Crippen MR) is 74.1 cm³/mol. The molecule has 0 radical (unpaired) electrons. The van der Waals surface area contributed by atoms with Crippen LogP contribution in [0.3, 0.4) is 0 Å². The van der Waals surface area contributed by atoms with Gasteiger partial charge in [-0.25, -0.2) is 4.39 Å². The van der Waals surface area contributed by atoms with Gasteiger partial charge >= 0.3 is 0 Å². The van der Waals surface area contributed by atoms with Crippen molar-refractivity contribution in [3.63, 3.8) is 0 Å². The Morgan fingerprint density at radius 2 is 1.78 bits per heavy atom. The first-order valence-corrected chi connectivity index (χ1v) is 5.88. The highest BCUT2D eigenvalue weighted by Gasteiger charge is 2.06. The summed E-state index contributed by atoms with van der Waals surface area (Å²) < 4.78 is 13.7. The number of hydrogen-bond acceptors (Lipinski definition) is 2. The van der Waals surface area contributed by atoms with Crippen molar-refractivity contribution in [2.24, 2.45) is 0 Å². The van der Waals surface area contributed by atoms with E-state index in [0.29, 0.717) is 17.8 Å². The molecule has 0 atom stereocenters. The Hall–Kier alpha value is -2.03. The zero-order valence-corrected chi connectivity index (χ0v) is 10.7. The third kappa shape index (κ3) is 2.80. The highest BCUT2D eigenvalue weighted by Crippen LogP contribution is 2.18. The number of aryl methyl sites for hydroxylation is 1. The van der Waals surface area contributed by atoms with Crippen molar-refractivity contribution in [3.8, 4) is 0 Å².